The number of nitrogens with zero attached hydrogens (tertiary/aromatic N) is 7. The number of carbonyl (C=O) groups excluding carboxylic acids is 1. The summed E-state index contributed by atoms with van der Waals surface area (Å²) >= 11 is 3.76. The summed E-state index contributed by atoms with van der Waals surface area (Å²) in [6, 6.07) is 10.9. The summed E-state index contributed by atoms with van der Waals surface area (Å²) in [4.78, 5) is 28.5. The standard InChI is InChI=1S/C36H46BrN7O4Si/c1-6-7-16-47-36(45)42-14-12-26(13-15-42)22-43-23-27(20-39-43)31-21-38-30-10-11-33(34(37)35(30)41-31)48-28-8-9-29-32(19-28)44(25(2)40-29)24-46-17-18-49(3,4)5/h8-11,19-21,23,26H,6-7,12-18,22,24H2,1-5H3. The van der Waals surface area contributed by atoms with Crippen LogP contribution in [-0.4, -0.2) is 74.7 Å². The normalized spacial score (nSPS) is 14.2. The molecule has 49 heavy (non-hydrogen) atoms. The van der Waals surface area contributed by atoms with Crippen LogP contribution < -0.4 is 4.74 Å². The molecule has 5 aromatic rings. The highest BCUT2D eigenvalue weighted by atomic mass is 79.9. The number of imidazole rings is 1. The minimum Gasteiger partial charge on any atom is -0.456 e. The van der Waals surface area contributed by atoms with E-state index in [-0.39, 0.29) is 6.09 Å². The van der Waals surface area contributed by atoms with Gasteiger partial charge in [0.1, 0.15) is 29.6 Å². The smallest absolute Gasteiger partial charge is 0.409 e. The van der Waals surface area contributed by atoms with Crippen molar-refractivity contribution in [1.82, 2.24) is 34.2 Å². The number of ether oxygens (including phenoxy) is 3. The number of likely N-dealkylation sites (tertiary alicyclic amines) is 1. The number of amides is 1. The van der Waals surface area contributed by atoms with Crippen LogP contribution in [0.2, 0.25) is 25.7 Å². The summed E-state index contributed by atoms with van der Waals surface area (Å²) in [7, 11) is -1.16. The molecule has 13 heteroatoms. The molecular formula is C36H46BrN7O4Si. The molecule has 260 valence electrons. The van der Waals surface area contributed by atoms with Gasteiger partial charge in [-0.15, -0.1) is 0 Å². The Morgan fingerprint density at radius 1 is 1.04 bits per heavy atom. The van der Waals surface area contributed by atoms with E-state index in [1.54, 1.807) is 6.20 Å². The van der Waals surface area contributed by atoms with Gasteiger partial charge < -0.3 is 23.7 Å². The largest absolute Gasteiger partial charge is 0.456 e. The summed E-state index contributed by atoms with van der Waals surface area (Å²) in [6.45, 7) is 15.1. The first kappa shape index (κ1) is 35.0. The van der Waals surface area contributed by atoms with Gasteiger partial charge in [0.25, 0.3) is 0 Å². The fourth-order valence-corrected chi connectivity index (χ4v) is 7.17. The van der Waals surface area contributed by atoms with Crippen molar-refractivity contribution in [2.24, 2.45) is 5.92 Å². The Balaban J connectivity index is 1.12. The quantitative estimate of drug-likeness (QED) is 0.0870. The van der Waals surface area contributed by atoms with Gasteiger partial charge >= 0.3 is 6.09 Å². The van der Waals surface area contributed by atoms with Gasteiger partial charge in [0.05, 0.1) is 45.7 Å². The van der Waals surface area contributed by atoms with Crippen molar-refractivity contribution in [3.8, 4) is 22.8 Å². The Morgan fingerprint density at radius 3 is 2.61 bits per heavy atom. The van der Waals surface area contributed by atoms with Crippen LogP contribution in [0.15, 0.2) is 53.4 Å². The van der Waals surface area contributed by atoms with Crippen LogP contribution in [0.25, 0.3) is 33.3 Å². The third-order valence-electron chi connectivity index (χ3n) is 8.94. The minimum absolute atomic E-state index is 0.194. The van der Waals surface area contributed by atoms with Gasteiger partial charge in [0.15, 0.2) is 0 Å². The molecule has 0 bridgehead atoms. The zero-order valence-corrected chi connectivity index (χ0v) is 31.7. The van der Waals surface area contributed by atoms with Crippen LogP contribution >= 0.6 is 15.9 Å². The van der Waals surface area contributed by atoms with Crippen molar-refractivity contribution >= 4 is 52.2 Å². The molecule has 0 unspecified atom stereocenters. The van der Waals surface area contributed by atoms with Crippen molar-refractivity contribution < 1.29 is 19.0 Å². The Morgan fingerprint density at radius 2 is 1.84 bits per heavy atom. The second-order valence-electron chi connectivity index (χ2n) is 14.0. The zero-order chi connectivity index (χ0) is 34.5. The highest BCUT2D eigenvalue weighted by Gasteiger charge is 2.24. The molecule has 1 saturated heterocycles. The number of aromatic nitrogens is 6. The average Bonchev–Trinajstić information content (AvgIpc) is 3.67. The van der Waals surface area contributed by atoms with Crippen LogP contribution in [0.5, 0.6) is 11.5 Å². The van der Waals surface area contributed by atoms with Crippen molar-refractivity contribution in [1.29, 1.82) is 0 Å². The van der Waals surface area contributed by atoms with Crippen LogP contribution in [0.4, 0.5) is 4.79 Å². The monoisotopic (exact) mass is 747 g/mol. The molecule has 6 rings (SSSR count). The maximum absolute atomic E-state index is 12.3. The van der Waals surface area contributed by atoms with Gasteiger partial charge in [-0.25, -0.2) is 14.8 Å². The second kappa shape index (κ2) is 15.4. The molecule has 1 amide bonds. The second-order valence-corrected chi connectivity index (χ2v) is 20.5. The van der Waals surface area contributed by atoms with E-state index >= 15 is 0 Å². The van der Waals surface area contributed by atoms with Crippen LogP contribution in [0.1, 0.15) is 38.4 Å². The molecule has 1 aliphatic heterocycles. The highest BCUT2D eigenvalue weighted by Crippen LogP contribution is 2.36. The molecule has 0 spiro atoms. The SMILES string of the molecule is CCCCOC(=O)N1CCC(Cn2cc(-c3cnc4ccc(Oc5ccc6nc(C)n(COCC[Si](C)(C)C)c6c5)c(Br)c4n3)cn2)CC1. The van der Waals surface area contributed by atoms with Crippen LogP contribution in [-0.2, 0) is 22.7 Å². The first-order valence-electron chi connectivity index (χ1n) is 17.2. The van der Waals surface area contributed by atoms with Crippen molar-refractivity contribution in [3.05, 3.63) is 59.2 Å². The number of hydrogen-bond donors (Lipinski definition) is 0. The predicted octanol–water partition coefficient (Wildman–Crippen LogP) is 8.67. The highest BCUT2D eigenvalue weighted by molar-refractivity contribution is 9.10. The van der Waals surface area contributed by atoms with E-state index in [4.69, 9.17) is 29.2 Å². The van der Waals surface area contributed by atoms with Crippen molar-refractivity contribution in [3.63, 3.8) is 0 Å². The Kier molecular flexibility index (Phi) is 11.0. The Labute approximate surface area is 297 Å². The van der Waals surface area contributed by atoms with Crippen molar-refractivity contribution in [2.75, 3.05) is 26.3 Å². The first-order chi connectivity index (χ1) is 23.6. The molecule has 4 heterocycles. The van der Waals surface area contributed by atoms with E-state index in [0.717, 1.165) is 83.0 Å². The Bertz CT molecular complexity index is 1910. The lowest BCUT2D eigenvalue weighted by Crippen LogP contribution is -2.39. The minimum atomic E-state index is -1.16. The number of hydrogen-bond acceptors (Lipinski definition) is 8. The first-order valence-corrected chi connectivity index (χ1v) is 21.7. The lowest BCUT2D eigenvalue weighted by atomic mass is 9.97. The maximum Gasteiger partial charge on any atom is 0.409 e. The van der Waals surface area contributed by atoms with Crippen molar-refractivity contribution in [2.45, 2.75) is 78.5 Å². The van der Waals surface area contributed by atoms with Gasteiger partial charge in [-0.05, 0) is 78.3 Å². The lowest BCUT2D eigenvalue weighted by molar-refractivity contribution is 0.0846. The molecule has 0 saturated carbocycles. The van der Waals surface area contributed by atoms with Gasteiger partial charge in [-0.3, -0.25) is 9.67 Å². The fraction of sp³-hybridized carbons (Fsp3) is 0.472. The molecule has 1 fully saturated rings. The molecule has 0 N–H and O–H groups in total. The number of unbranched alkanes of at least 4 members (excludes halogenated alkanes) is 1. The van der Waals surface area contributed by atoms with Crippen LogP contribution in [0.3, 0.4) is 0 Å². The number of benzene rings is 2. The summed E-state index contributed by atoms with van der Waals surface area (Å²) < 4.78 is 22.6. The van der Waals surface area contributed by atoms with Crippen LogP contribution in [0, 0.1) is 12.8 Å². The molecule has 0 aliphatic carbocycles. The number of aryl methyl sites for hydroxylation is 1. The predicted molar refractivity (Wildman–Crippen MR) is 198 cm³/mol. The number of halogens is 1. The third kappa shape index (κ3) is 8.68. The number of carbonyl (C=O) groups is 1. The lowest BCUT2D eigenvalue weighted by Gasteiger charge is -2.31. The molecule has 11 nitrogen and oxygen atoms in total. The number of piperidine rings is 1. The Hall–Kier alpha value is -3.81. The third-order valence-corrected chi connectivity index (χ3v) is 11.4. The van der Waals surface area contributed by atoms with E-state index in [9.17, 15) is 4.79 Å². The average molecular weight is 749 g/mol. The van der Waals surface area contributed by atoms with E-state index in [1.807, 2.05) is 59.2 Å². The molecule has 2 aromatic carbocycles. The van der Waals surface area contributed by atoms with E-state index in [0.29, 0.717) is 49.4 Å². The molecule has 0 atom stereocenters. The molecule has 1 aliphatic rings. The van der Waals surface area contributed by atoms with E-state index < -0.39 is 8.07 Å². The summed E-state index contributed by atoms with van der Waals surface area (Å²) in [5, 5.41) is 4.63. The van der Waals surface area contributed by atoms with Gasteiger partial charge in [-0.1, -0.05) is 33.0 Å². The number of fused-ring (bicyclic) bond motifs is 2. The summed E-state index contributed by atoms with van der Waals surface area (Å²) in [5.41, 5.74) is 4.96. The number of rotatable bonds is 13. The topological polar surface area (TPSA) is 109 Å². The van der Waals surface area contributed by atoms with Gasteiger partial charge in [-0.2, -0.15) is 5.10 Å². The summed E-state index contributed by atoms with van der Waals surface area (Å²) in [5.74, 6) is 2.68. The van der Waals surface area contributed by atoms with Gasteiger partial charge in [0.2, 0.25) is 0 Å². The van der Waals surface area contributed by atoms with Gasteiger partial charge in [0, 0.05) is 52.1 Å². The molecule has 0 radical (unpaired) electrons. The fourth-order valence-electron chi connectivity index (χ4n) is 5.91. The maximum atomic E-state index is 12.3. The van der Waals surface area contributed by atoms with E-state index in [1.165, 1.54) is 0 Å². The molecular weight excluding hydrogens is 702 g/mol. The van der Waals surface area contributed by atoms with E-state index in [2.05, 4.69) is 52.2 Å². The molecule has 3 aromatic heterocycles. The zero-order valence-electron chi connectivity index (χ0n) is 29.1. The summed E-state index contributed by atoms with van der Waals surface area (Å²) in [6.07, 6.45) is 9.19.